The Kier molecular flexibility index (Phi) is 6.51. The van der Waals surface area contributed by atoms with Crippen molar-refractivity contribution in [2.75, 3.05) is 10.6 Å². The summed E-state index contributed by atoms with van der Waals surface area (Å²) in [6.45, 7) is 1.60. The molecule has 9 heteroatoms. The van der Waals surface area contributed by atoms with Crippen LogP contribution >= 0.6 is 34.5 Å². The second-order valence-corrected chi connectivity index (χ2v) is 7.43. The van der Waals surface area contributed by atoms with Crippen molar-refractivity contribution in [3.63, 3.8) is 0 Å². The van der Waals surface area contributed by atoms with Gasteiger partial charge < -0.3 is 10.1 Å². The standard InChI is InChI=1S/C19H15Cl2N3O3S/c1-11(27-16-6-5-13(20)10-15(16)21)17(25)23-14-4-2-3-12(9-14)18(26)24-19-22-7-8-28-19/h2-11H,1H3,(H,23,25)(H,22,24,26). The molecule has 0 saturated carbocycles. The highest BCUT2D eigenvalue weighted by molar-refractivity contribution is 7.13. The van der Waals surface area contributed by atoms with Gasteiger partial charge in [-0.2, -0.15) is 0 Å². The van der Waals surface area contributed by atoms with Crippen molar-refractivity contribution in [1.29, 1.82) is 0 Å². The number of amides is 2. The van der Waals surface area contributed by atoms with Crippen molar-refractivity contribution in [1.82, 2.24) is 4.98 Å². The number of ether oxygens (including phenoxy) is 1. The summed E-state index contributed by atoms with van der Waals surface area (Å²) in [5, 5.41) is 8.46. The summed E-state index contributed by atoms with van der Waals surface area (Å²) in [4.78, 5) is 28.7. The van der Waals surface area contributed by atoms with Crippen LogP contribution in [0.1, 0.15) is 17.3 Å². The van der Waals surface area contributed by atoms with Gasteiger partial charge in [0.15, 0.2) is 11.2 Å². The van der Waals surface area contributed by atoms with Crippen molar-refractivity contribution in [2.45, 2.75) is 13.0 Å². The van der Waals surface area contributed by atoms with Crippen LogP contribution in [0, 0.1) is 0 Å². The summed E-state index contributed by atoms with van der Waals surface area (Å²) in [6, 6.07) is 11.3. The van der Waals surface area contributed by atoms with Gasteiger partial charge in [-0.15, -0.1) is 11.3 Å². The molecule has 28 heavy (non-hydrogen) atoms. The Bertz CT molecular complexity index is 996. The predicted molar refractivity (Wildman–Crippen MR) is 112 cm³/mol. The zero-order valence-corrected chi connectivity index (χ0v) is 16.9. The number of hydrogen-bond acceptors (Lipinski definition) is 5. The summed E-state index contributed by atoms with van der Waals surface area (Å²) in [5.74, 6) is -0.350. The summed E-state index contributed by atoms with van der Waals surface area (Å²) in [7, 11) is 0. The molecule has 0 fully saturated rings. The number of anilines is 2. The van der Waals surface area contributed by atoms with E-state index < -0.39 is 6.10 Å². The number of halogens is 2. The molecule has 1 aromatic heterocycles. The molecule has 0 aliphatic rings. The highest BCUT2D eigenvalue weighted by atomic mass is 35.5. The van der Waals surface area contributed by atoms with E-state index in [1.54, 1.807) is 54.9 Å². The van der Waals surface area contributed by atoms with Crippen LogP contribution in [0.2, 0.25) is 10.0 Å². The minimum atomic E-state index is -0.813. The number of carbonyl (C=O) groups is 2. The van der Waals surface area contributed by atoms with Gasteiger partial charge in [0.25, 0.3) is 11.8 Å². The Morgan fingerprint density at radius 2 is 1.96 bits per heavy atom. The van der Waals surface area contributed by atoms with Gasteiger partial charge >= 0.3 is 0 Å². The van der Waals surface area contributed by atoms with E-state index in [4.69, 9.17) is 27.9 Å². The van der Waals surface area contributed by atoms with Gasteiger partial charge in [0, 0.05) is 27.9 Å². The molecule has 1 unspecified atom stereocenters. The second-order valence-electron chi connectivity index (χ2n) is 5.70. The first-order chi connectivity index (χ1) is 13.4. The zero-order chi connectivity index (χ0) is 20.1. The Morgan fingerprint density at radius 1 is 1.14 bits per heavy atom. The summed E-state index contributed by atoms with van der Waals surface area (Å²) in [5.41, 5.74) is 0.858. The SMILES string of the molecule is CC(Oc1ccc(Cl)cc1Cl)C(=O)Nc1cccc(C(=O)Nc2nccs2)c1. The van der Waals surface area contributed by atoms with Crippen molar-refractivity contribution in [3.05, 3.63) is 69.7 Å². The topological polar surface area (TPSA) is 80.3 Å². The smallest absolute Gasteiger partial charge is 0.265 e. The quantitative estimate of drug-likeness (QED) is 0.563. The number of nitrogens with zero attached hydrogens (tertiary/aromatic N) is 1. The molecule has 1 atom stereocenters. The summed E-state index contributed by atoms with van der Waals surface area (Å²) < 4.78 is 5.59. The first-order valence-electron chi connectivity index (χ1n) is 8.16. The van der Waals surface area contributed by atoms with E-state index in [1.807, 2.05) is 0 Å². The Balaban J connectivity index is 1.64. The second kappa shape index (κ2) is 9.05. The third-order valence-corrected chi connectivity index (χ3v) is 4.83. The Morgan fingerprint density at radius 3 is 2.68 bits per heavy atom. The molecule has 3 aromatic rings. The van der Waals surface area contributed by atoms with Crippen LogP contribution in [0.3, 0.4) is 0 Å². The lowest BCUT2D eigenvalue weighted by Gasteiger charge is -2.16. The number of hydrogen-bond donors (Lipinski definition) is 2. The van der Waals surface area contributed by atoms with Crippen molar-refractivity contribution in [2.24, 2.45) is 0 Å². The zero-order valence-electron chi connectivity index (χ0n) is 14.6. The monoisotopic (exact) mass is 435 g/mol. The van der Waals surface area contributed by atoms with Crippen LogP contribution in [0.25, 0.3) is 0 Å². The minimum absolute atomic E-state index is 0.313. The van der Waals surface area contributed by atoms with Crippen LogP contribution in [-0.2, 0) is 4.79 Å². The molecule has 3 rings (SSSR count). The molecule has 1 heterocycles. The van der Waals surface area contributed by atoms with Crippen LogP contribution < -0.4 is 15.4 Å². The maximum Gasteiger partial charge on any atom is 0.265 e. The lowest BCUT2D eigenvalue weighted by Crippen LogP contribution is -2.30. The van der Waals surface area contributed by atoms with Gasteiger partial charge in [0.05, 0.1) is 5.02 Å². The lowest BCUT2D eigenvalue weighted by molar-refractivity contribution is -0.122. The average Bonchev–Trinajstić information content (AvgIpc) is 3.17. The molecule has 0 saturated heterocycles. The highest BCUT2D eigenvalue weighted by Crippen LogP contribution is 2.28. The lowest BCUT2D eigenvalue weighted by atomic mass is 10.2. The molecule has 0 bridgehead atoms. The van der Waals surface area contributed by atoms with Gasteiger partial charge in [-0.05, 0) is 43.3 Å². The number of rotatable bonds is 6. The van der Waals surface area contributed by atoms with E-state index in [9.17, 15) is 9.59 Å². The van der Waals surface area contributed by atoms with Gasteiger partial charge in [-0.25, -0.2) is 4.98 Å². The third-order valence-electron chi connectivity index (χ3n) is 3.61. The van der Waals surface area contributed by atoms with E-state index in [0.717, 1.165) is 0 Å². The molecule has 0 spiro atoms. The molecule has 2 amide bonds. The fourth-order valence-corrected chi connectivity index (χ4v) is 3.23. The van der Waals surface area contributed by atoms with Crippen molar-refractivity contribution in [3.8, 4) is 5.75 Å². The predicted octanol–water partition coefficient (Wildman–Crippen LogP) is 5.11. The van der Waals surface area contributed by atoms with Crippen molar-refractivity contribution >= 4 is 57.2 Å². The van der Waals surface area contributed by atoms with Crippen LogP contribution in [0.15, 0.2) is 54.0 Å². The van der Waals surface area contributed by atoms with Gasteiger partial charge in [-0.3, -0.25) is 14.9 Å². The molecule has 144 valence electrons. The number of nitrogens with one attached hydrogen (secondary N) is 2. The maximum atomic E-state index is 12.4. The van der Waals surface area contributed by atoms with Crippen LogP contribution in [0.4, 0.5) is 10.8 Å². The maximum absolute atomic E-state index is 12.4. The van der Waals surface area contributed by atoms with Gasteiger partial charge in [0.1, 0.15) is 5.75 Å². The number of benzene rings is 2. The van der Waals surface area contributed by atoms with E-state index in [2.05, 4.69) is 15.6 Å². The van der Waals surface area contributed by atoms with E-state index >= 15 is 0 Å². The molecule has 2 aromatic carbocycles. The van der Waals surface area contributed by atoms with Crippen LogP contribution in [-0.4, -0.2) is 22.9 Å². The molecule has 2 N–H and O–H groups in total. The van der Waals surface area contributed by atoms with E-state index in [1.165, 1.54) is 17.4 Å². The number of thiazole rings is 1. The Labute approximate surface area is 175 Å². The van der Waals surface area contributed by atoms with Gasteiger partial charge in [0.2, 0.25) is 0 Å². The average molecular weight is 436 g/mol. The first kappa shape index (κ1) is 20.1. The van der Waals surface area contributed by atoms with Crippen molar-refractivity contribution < 1.29 is 14.3 Å². The first-order valence-corrected chi connectivity index (χ1v) is 9.79. The molecule has 0 aliphatic carbocycles. The molecule has 0 aliphatic heterocycles. The largest absolute Gasteiger partial charge is 0.479 e. The summed E-state index contributed by atoms with van der Waals surface area (Å²) in [6.07, 6.45) is 0.789. The fraction of sp³-hybridized carbons (Fsp3) is 0.105. The fourth-order valence-electron chi connectivity index (χ4n) is 2.25. The molecular weight excluding hydrogens is 421 g/mol. The van der Waals surface area contributed by atoms with Crippen LogP contribution in [0.5, 0.6) is 5.75 Å². The Hall–Kier alpha value is -2.61. The third kappa shape index (κ3) is 5.22. The molecule has 0 radical (unpaired) electrons. The van der Waals surface area contributed by atoms with E-state index in [0.29, 0.717) is 32.2 Å². The van der Waals surface area contributed by atoms with E-state index in [-0.39, 0.29) is 11.8 Å². The minimum Gasteiger partial charge on any atom is -0.479 e. The highest BCUT2D eigenvalue weighted by Gasteiger charge is 2.17. The number of carbonyl (C=O) groups excluding carboxylic acids is 2. The number of aromatic nitrogens is 1. The molecular formula is C19H15Cl2N3O3S. The normalized spacial score (nSPS) is 11.5. The van der Waals surface area contributed by atoms with Gasteiger partial charge in [-0.1, -0.05) is 29.3 Å². The summed E-state index contributed by atoms with van der Waals surface area (Å²) >= 11 is 13.2. The molecule has 6 nitrogen and oxygen atoms in total.